The summed E-state index contributed by atoms with van der Waals surface area (Å²) in [6, 6.07) is 26.1. The summed E-state index contributed by atoms with van der Waals surface area (Å²) >= 11 is 0. The number of rotatable bonds is 9. The molecule has 1 fully saturated rings. The van der Waals surface area contributed by atoms with Crippen LogP contribution in [0.3, 0.4) is 0 Å². The quantitative estimate of drug-likeness (QED) is 0.385. The number of hydrogen-bond acceptors (Lipinski definition) is 3. The van der Waals surface area contributed by atoms with Gasteiger partial charge in [0.25, 0.3) is 0 Å². The molecule has 1 saturated heterocycles. The second-order valence-electron chi connectivity index (χ2n) is 8.60. The van der Waals surface area contributed by atoms with E-state index in [2.05, 4.69) is 48.2 Å². The van der Waals surface area contributed by atoms with E-state index in [1.165, 1.54) is 11.1 Å². The molecule has 0 aliphatic carbocycles. The van der Waals surface area contributed by atoms with Gasteiger partial charge >= 0.3 is 0 Å². The minimum absolute atomic E-state index is 0.187. The van der Waals surface area contributed by atoms with Crippen LogP contribution in [-0.2, 0) is 0 Å². The van der Waals surface area contributed by atoms with Crippen molar-refractivity contribution in [1.29, 1.82) is 0 Å². The number of alkyl halides is 1. The zero-order valence-electron chi connectivity index (χ0n) is 19.2. The molecule has 0 saturated carbocycles. The fourth-order valence-electron chi connectivity index (χ4n) is 4.56. The molecule has 1 aliphatic heterocycles. The monoisotopic (exact) mass is 445 g/mol. The molecule has 0 unspecified atom stereocenters. The van der Waals surface area contributed by atoms with Gasteiger partial charge in [0.15, 0.2) is 0 Å². The highest BCUT2D eigenvalue weighted by Crippen LogP contribution is 2.35. The fourth-order valence-corrected chi connectivity index (χ4v) is 4.56. The molecular weight excluding hydrogens is 413 g/mol. The van der Waals surface area contributed by atoms with Gasteiger partial charge < -0.3 is 9.84 Å². The molecule has 0 bridgehead atoms. The molecule has 1 heterocycles. The first-order valence-electron chi connectivity index (χ1n) is 11.8. The Kier molecular flexibility index (Phi) is 7.79. The lowest BCUT2D eigenvalue weighted by atomic mass is 9.88. The number of phenolic OH excluding ortho intramolecular Hbond substituents is 1. The second-order valence-corrected chi connectivity index (χ2v) is 8.60. The number of halogens is 1. The molecule has 0 radical (unpaired) electrons. The van der Waals surface area contributed by atoms with Crippen LogP contribution in [0.2, 0.25) is 0 Å². The molecule has 0 aromatic heterocycles. The summed E-state index contributed by atoms with van der Waals surface area (Å²) in [7, 11) is 0. The lowest BCUT2D eigenvalue weighted by Crippen LogP contribution is -2.26. The van der Waals surface area contributed by atoms with Crippen molar-refractivity contribution < 1.29 is 14.2 Å². The SMILES string of the molecule is CCC(=C(c1ccc(O)cc1)c1ccc(OCCN2CC[C@@H](CF)C2)cc1)c1ccccc1. The van der Waals surface area contributed by atoms with Gasteiger partial charge in [-0.3, -0.25) is 9.29 Å². The van der Waals surface area contributed by atoms with Gasteiger partial charge in [0.05, 0.1) is 6.67 Å². The third-order valence-electron chi connectivity index (χ3n) is 6.34. The molecule has 0 amide bonds. The Bertz CT molecular complexity index is 1050. The first-order valence-corrected chi connectivity index (χ1v) is 11.8. The predicted molar refractivity (Wildman–Crippen MR) is 133 cm³/mol. The summed E-state index contributed by atoms with van der Waals surface area (Å²) in [6.45, 7) is 5.16. The van der Waals surface area contributed by atoms with E-state index in [1.807, 2.05) is 30.3 Å². The van der Waals surface area contributed by atoms with Gasteiger partial charge in [0.1, 0.15) is 18.1 Å². The lowest BCUT2D eigenvalue weighted by molar-refractivity contribution is 0.228. The number of aromatic hydroxyl groups is 1. The van der Waals surface area contributed by atoms with E-state index in [0.29, 0.717) is 6.61 Å². The minimum atomic E-state index is -0.224. The number of allylic oxidation sites excluding steroid dienone is 1. The van der Waals surface area contributed by atoms with E-state index in [-0.39, 0.29) is 18.3 Å². The van der Waals surface area contributed by atoms with Crippen LogP contribution in [0.5, 0.6) is 11.5 Å². The van der Waals surface area contributed by atoms with E-state index < -0.39 is 0 Å². The van der Waals surface area contributed by atoms with Gasteiger partial charge in [-0.05, 0) is 71.5 Å². The van der Waals surface area contributed by atoms with Crippen molar-refractivity contribution in [2.75, 3.05) is 32.9 Å². The van der Waals surface area contributed by atoms with E-state index in [9.17, 15) is 9.50 Å². The topological polar surface area (TPSA) is 32.7 Å². The molecule has 1 aliphatic rings. The number of ether oxygens (including phenoxy) is 1. The van der Waals surface area contributed by atoms with Gasteiger partial charge in [-0.1, -0.05) is 61.5 Å². The number of benzene rings is 3. The third-order valence-corrected chi connectivity index (χ3v) is 6.34. The molecule has 1 N–H and O–H groups in total. The van der Waals surface area contributed by atoms with Crippen molar-refractivity contribution in [1.82, 2.24) is 4.90 Å². The van der Waals surface area contributed by atoms with Crippen LogP contribution in [0.25, 0.3) is 11.1 Å². The predicted octanol–water partition coefficient (Wildman–Crippen LogP) is 6.43. The first kappa shape index (κ1) is 23.1. The van der Waals surface area contributed by atoms with Gasteiger partial charge in [0.2, 0.25) is 0 Å². The summed E-state index contributed by atoms with van der Waals surface area (Å²) in [6.07, 6.45) is 1.83. The van der Waals surface area contributed by atoms with E-state index >= 15 is 0 Å². The minimum Gasteiger partial charge on any atom is -0.508 e. The van der Waals surface area contributed by atoms with Gasteiger partial charge in [-0.2, -0.15) is 0 Å². The maximum atomic E-state index is 12.8. The van der Waals surface area contributed by atoms with Crippen LogP contribution in [-0.4, -0.2) is 42.9 Å². The molecule has 3 nitrogen and oxygen atoms in total. The van der Waals surface area contributed by atoms with E-state index in [0.717, 1.165) is 54.9 Å². The van der Waals surface area contributed by atoms with Crippen molar-refractivity contribution in [3.8, 4) is 11.5 Å². The third kappa shape index (κ3) is 5.82. The molecule has 3 aromatic carbocycles. The molecular formula is C29H32FNO2. The Hall–Kier alpha value is -3.11. The normalized spacial score (nSPS) is 17.1. The van der Waals surface area contributed by atoms with Crippen LogP contribution >= 0.6 is 0 Å². The van der Waals surface area contributed by atoms with Crippen molar-refractivity contribution >= 4 is 11.1 Å². The summed E-state index contributed by atoms with van der Waals surface area (Å²) in [5, 5.41) is 9.79. The Morgan fingerprint density at radius 2 is 1.61 bits per heavy atom. The van der Waals surface area contributed by atoms with Crippen LogP contribution in [0, 0.1) is 5.92 Å². The van der Waals surface area contributed by atoms with Gasteiger partial charge in [0, 0.05) is 19.0 Å². The summed E-state index contributed by atoms with van der Waals surface area (Å²) < 4.78 is 18.8. The molecule has 1 atom stereocenters. The molecule has 3 aromatic rings. The second kappa shape index (κ2) is 11.2. The highest BCUT2D eigenvalue weighted by atomic mass is 19.1. The molecule has 33 heavy (non-hydrogen) atoms. The Morgan fingerprint density at radius 3 is 2.21 bits per heavy atom. The number of phenols is 1. The van der Waals surface area contributed by atoms with Crippen molar-refractivity contribution in [3.63, 3.8) is 0 Å². The maximum absolute atomic E-state index is 12.8. The van der Waals surface area contributed by atoms with Crippen LogP contribution in [0.15, 0.2) is 78.9 Å². The largest absolute Gasteiger partial charge is 0.508 e. The van der Waals surface area contributed by atoms with Crippen molar-refractivity contribution in [2.45, 2.75) is 19.8 Å². The number of nitrogens with zero attached hydrogens (tertiary/aromatic N) is 1. The summed E-state index contributed by atoms with van der Waals surface area (Å²) in [4.78, 5) is 2.28. The highest BCUT2D eigenvalue weighted by molar-refractivity contribution is 5.98. The summed E-state index contributed by atoms with van der Waals surface area (Å²) in [5.74, 6) is 1.28. The summed E-state index contributed by atoms with van der Waals surface area (Å²) in [5.41, 5.74) is 5.79. The van der Waals surface area contributed by atoms with Crippen molar-refractivity contribution in [3.05, 3.63) is 95.6 Å². The van der Waals surface area contributed by atoms with Gasteiger partial charge in [-0.15, -0.1) is 0 Å². The number of likely N-dealkylation sites (tertiary alicyclic amines) is 1. The zero-order valence-corrected chi connectivity index (χ0v) is 19.2. The first-order chi connectivity index (χ1) is 16.2. The Morgan fingerprint density at radius 1 is 0.939 bits per heavy atom. The smallest absolute Gasteiger partial charge is 0.119 e. The molecule has 4 heteroatoms. The van der Waals surface area contributed by atoms with Crippen LogP contribution in [0.4, 0.5) is 4.39 Å². The fraction of sp³-hybridized carbons (Fsp3) is 0.310. The lowest BCUT2D eigenvalue weighted by Gasteiger charge is -2.18. The Balaban J connectivity index is 1.55. The number of hydrogen-bond donors (Lipinski definition) is 1. The highest BCUT2D eigenvalue weighted by Gasteiger charge is 2.21. The zero-order chi connectivity index (χ0) is 23.0. The molecule has 0 spiro atoms. The average Bonchev–Trinajstić information content (AvgIpc) is 3.32. The standard InChI is InChI=1S/C29H32FNO2/c1-2-28(23-6-4-3-5-7-23)29(24-8-12-26(32)13-9-24)25-10-14-27(15-11-25)33-19-18-31-17-16-22(20-30)21-31/h3-15,22,32H,2,16-21H2,1H3/t22-/m0/s1. The van der Waals surface area contributed by atoms with E-state index in [1.54, 1.807) is 12.1 Å². The van der Waals surface area contributed by atoms with Gasteiger partial charge in [-0.25, -0.2) is 0 Å². The van der Waals surface area contributed by atoms with Crippen LogP contribution in [0.1, 0.15) is 36.5 Å². The molecule has 172 valence electrons. The van der Waals surface area contributed by atoms with E-state index in [4.69, 9.17) is 4.74 Å². The van der Waals surface area contributed by atoms with Crippen LogP contribution < -0.4 is 4.74 Å². The Labute approximate surface area is 196 Å². The van der Waals surface area contributed by atoms with Crippen molar-refractivity contribution in [2.24, 2.45) is 5.92 Å². The average molecular weight is 446 g/mol. The molecule has 4 rings (SSSR count). The maximum Gasteiger partial charge on any atom is 0.119 e.